The van der Waals surface area contributed by atoms with Crippen molar-refractivity contribution in [3.8, 4) is 11.5 Å². The third-order valence-electron chi connectivity index (χ3n) is 6.73. The van der Waals surface area contributed by atoms with Crippen molar-refractivity contribution in [2.24, 2.45) is 11.1 Å². The molecular formula is C24H34N2O4. The molecule has 0 saturated carbocycles. The second-order valence-electron chi connectivity index (χ2n) is 9.28. The van der Waals surface area contributed by atoms with Crippen LogP contribution < -0.4 is 4.74 Å². The van der Waals surface area contributed by atoms with Crippen LogP contribution in [0, 0.1) is 5.92 Å². The number of ether oxygens (including phenoxy) is 2. The van der Waals surface area contributed by atoms with Crippen LogP contribution in [0.3, 0.4) is 0 Å². The molecule has 1 aromatic rings. The number of rotatable bonds is 5. The summed E-state index contributed by atoms with van der Waals surface area (Å²) in [5, 5.41) is 15.2. The highest BCUT2D eigenvalue weighted by molar-refractivity contribution is 5.99. The van der Waals surface area contributed by atoms with Gasteiger partial charge in [0.25, 0.3) is 0 Å². The van der Waals surface area contributed by atoms with E-state index in [4.69, 9.17) is 14.3 Å². The first kappa shape index (κ1) is 21.2. The zero-order valence-corrected chi connectivity index (χ0v) is 18.6. The molecular weight excluding hydrogens is 380 g/mol. The second-order valence-corrected chi connectivity index (χ2v) is 9.28. The minimum atomic E-state index is -0.278. The lowest BCUT2D eigenvalue weighted by atomic mass is 9.67. The molecule has 164 valence electrons. The van der Waals surface area contributed by atoms with Gasteiger partial charge in [-0.25, -0.2) is 0 Å². The van der Waals surface area contributed by atoms with Crippen LogP contribution in [0.2, 0.25) is 0 Å². The highest BCUT2D eigenvalue weighted by Gasteiger charge is 2.45. The van der Waals surface area contributed by atoms with E-state index in [1.54, 1.807) is 6.07 Å². The minimum absolute atomic E-state index is 0.278. The summed E-state index contributed by atoms with van der Waals surface area (Å²) in [6, 6.07) is 3.81. The number of benzene rings is 1. The summed E-state index contributed by atoms with van der Waals surface area (Å²) in [7, 11) is 0. The Morgan fingerprint density at radius 1 is 1.30 bits per heavy atom. The van der Waals surface area contributed by atoms with E-state index in [0.29, 0.717) is 18.3 Å². The normalized spacial score (nSPS) is 26.3. The van der Waals surface area contributed by atoms with Crippen molar-refractivity contribution in [1.82, 2.24) is 4.90 Å². The zero-order valence-electron chi connectivity index (χ0n) is 18.6. The number of fused-ring (bicyclic) bond motifs is 3. The molecule has 1 aliphatic carbocycles. The van der Waals surface area contributed by atoms with Crippen molar-refractivity contribution in [1.29, 1.82) is 0 Å². The number of oxime groups is 1. The molecule has 1 N–H and O–H groups in total. The van der Waals surface area contributed by atoms with Crippen molar-refractivity contribution in [3.63, 3.8) is 0 Å². The van der Waals surface area contributed by atoms with Gasteiger partial charge in [-0.05, 0) is 52.7 Å². The van der Waals surface area contributed by atoms with Gasteiger partial charge in [-0.15, -0.1) is 0 Å². The largest absolute Gasteiger partial charge is 0.507 e. The first-order chi connectivity index (χ1) is 14.3. The van der Waals surface area contributed by atoms with Gasteiger partial charge < -0.3 is 19.4 Å². The number of morpholine rings is 1. The van der Waals surface area contributed by atoms with Crippen molar-refractivity contribution < 1.29 is 19.4 Å². The van der Waals surface area contributed by atoms with E-state index in [1.807, 2.05) is 13.0 Å². The molecule has 1 fully saturated rings. The molecule has 0 aromatic heterocycles. The standard InChI is InChI=1S/C24H34N2O4/c1-16-5-6-20-19(13-16)23-21(27)14-18(15-22(23)30-24(20,3)4)17(2)25-29-12-9-26-7-10-28-11-8-26/h5,14-15,19-20,27H,6-13H2,1-4H3/b25-17+/t19-,20-/m0/s1. The number of nitrogens with zero attached hydrogens (tertiary/aromatic N) is 2. The van der Waals surface area contributed by atoms with E-state index in [1.165, 1.54) is 5.57 Å². The number of allylic oxidation sites excluding steroid dienone is 2. The summed E-state index contributed by atoms with van der Waals surface area (Å²) in [6.07, 6.45) is 4.27. The summed E-state index contributed by atoms with van der Waals surface area (Å²) in [5.74, 6) is 1.72. The van der Waals surface area contributed by atoms with Crippen molar-refractivity contribution in [3.05, 3.63) is 34.9 Å². The Morgan fingerprint density at radius 2 is 2.07 bits per heavy atom. The maximum absolute atomic E-state index is 10.9. The Morgan fingerprint density at radius 3 is 2.83 bits per heavy atom. The monoisotopic (exact) mass is 414 g/mol. The summed E-state index contributed by atoms with van der Waals surface area (Å²) in [5.41, 5.74) is 3.61. The lowest BCUT2D eigenvalue weighted by Gasteiger charge is -2.47. The van der Waals surface area contributed by atoms with Gasteiger partial charge in [0.05, 0.1) is 18.9 Å². The quantitative estimate of drug-likeness (QED) is 0.340. The highest BCUT2D eigenvalue weighted by atomic mass is 16.6. The van der Waals surface area contributed by atoms with E-state index >= 15 is 0 Å². The van der Waals surface area contributed by atoms with E-state index in [-0.39, 0.29) is 11.5 Å². The van der Waals surface area contributed by atoms with E-state index < -0.39 is 0 Å². The number of hydrogen-bond donors (Lipinski definition) is 1. The highest BCUT2D eigenvalue weighted by Crippen LogP contribution is 2.54. The topological polar surface area (TPSA) is 63.5 Å². The molecule has 2 heterocycles. The number of aromatic hydroxyl groups is 1. The molecule has 0 bridgehead atoms. The molecule has 3 aliphatic rings. The molecule has 4 rings (SSSR count). The predicted octanol–water partition coefficient (Wildman–Crippen LogP) is 4.08. The van der Waals surface area contributed by atoms with Crippen LogP contribution >= 0.6 is 0 Å². The fourth-order valence-corrected chi connectivity index (χ4v) is 4.96. The molecule has 0 unspecified atom stereocenters. The average molecular weight is 415 g/mol. The lowest BCUT2D eigenvalue weighted by Crippen LogP contribution is -2.45. The summed E-state index contributed by atoms with van der Waals surface area (Å²) >= 11 is 0. The van der Waals surface area contributed by atoms with E-state index in [9.17, 15) is 5.11 Å². The summed E-state index contributed by atoms with van der Waals surface area (Å²) < 4.78 is 11.8. The lowest BCUT2D eigenvalue weighted by molar-refractivity contribution is 0.00760. The Bertz CT molecular complexity index is 840. The van der Waals surface area contributed by atoms with Gasteiger partial charge in [0.1, 0.15) is 23.7 Å². The molecule has 30 heavy (non-hydrogen) atoms. The van der Waals surface area contributed by atoms with Gasteiger partial charge in [0.15, 0.2) is 0 Å². The van der Waals surface area contributed by atoms with Gasteiger partial charge >= 0.3 is 0 Å². The first-order valence-electron chi connectivity index (χ1n) is 11.0. The van der Waals surface area contributed by atoms with Crippen molar-refractivity contribution in [2.75, 3.05) is 39.5 Å². The fraction of sp³-hybridized carbons (Fsp3) is 0.625. The zero-order chi connectivity index (χ0) is 21.3. The molecule has 2 aliphatic heterocycles. The Labute approximate surface area is 179 Å². The van der Waals surface area contributed by atoms with Crippen molar-refractivity contribution in [2.45, 2.75) is 52.1 Å². The second kappa shape index (κ2) is 8.60. The van der Waals surface area contributed by atoms with E-state index in [2.05, 4.69) is 36.9 Å². The fourth-order valence-electron chi connectivity index (χ4n) is 4.96. The predicted molar refractivity (Wildman–Crippen MR) is 117 cm³/mol. The summed E-state index contributed by atoms with van der Waals surface area (Å²) in [6.45, 7) is 13.2. The SMILES string of the molecule is CC1=CC[C@H]2[C@H](C1)c1c(O)cc(/C(C)=N/OCCN3CCOCC3)cc1OC2(C)C. The third-order valence-corrected chi connectivity index (χ3v) is 6.73. The minimum Gasteiger partial charge on any atom is -0.507 e. The molecule has 1 aromatic carbocycles. The summed E-state index contributed by atoms with van der Waals surface area (Å²) in [4.78, 5) is 7.86. The van der Waals surface area contributed by atoms with Gasteiger partial charge in [-0.3, -0.25) is 4.90 Å². The molecule has 1 saturated heterocycles. The Balaban J connectivity index is 1.49. The molecule has 0 amide bonds. The van der Waals surface area contributed by atoms with Crippen LogP contribution in [-0.2, 0) is 9.57 Å². The number of phenols is 1. The van der Waals surface area contributed by atoms with Crippen LogP contribution in [0.1, 0.15) is 57.6 Å². The van der Waals surface area contributed by atoms with Crippen LogP contribution in [0.25, 0.3) is 0 Å². The van der Waals surface area contributed by atoms with Crippen molar-refractivity contribution >= 4 is 5.71 Å². The number of phenolic OH excluding ortho intramolecular Hbond substituents is 1. The van der Waals surface area contributed by atoms with Gasteiger partial charge in [-0.1, -0.05) is 16.8 Å². The Kier molecular flexibility index (Phi) is 6.07. The van der Waals surface area contributed by atoms with Crippen LogP contribution in [0.4, 0.5) is 0 Å². The number of hydrogen-bond acceptors (Lipinski definition) is 6. The maximum Gasteiger partial charge on any atom is 0.129 e. The van der Waals surface area contributed by atoms with Gasteiger partial charge in [0, 0.05) is 42.6 Å². The van der Waals surface area contributed by atoms with Gasteiger partial charge in [-0.2, -0.15) is 0 Å². The molecule has 6 nitrogen and oxygen atoms in total. The molecule has 6 heteroatoms. The smallest absolute Gasteiger partial charge is 0.129 e. The third kappa shape index (κ3) is 4.35. The van der Waals surface area contributed by atoms with Gasteiger partial charge in [0.2, 0.25) is 0 Å². The van der Waals surface area contributed by atoms with E-state index in [0.717, 1.165) is 68.3 Å². The molecule has 0 radical (unpaired) electrons. The van der Waals surface area contributed by atoms with Crippen LogP contribution in [0.5, 0.6) is 11.5 Å². The first-order valence-corrected chi connectivity index (χ1v) is 11.0. The van der Waals surface area contributed by atoms with Crippen LogP contribution in [-0.4, -0.2) is 60.8 Å². The molecule has 0 spiro atoms. The maximum atomic E-state index is 10.9. The Hall–Kier alpha value is -2.05. The van der Waals surface area contributed by atoms with Crippen LogP contribution in [0.15, 0.2) is 28.9 Å². The molecule has 2 atom stereocenters. The average Bonchev–Trinajstić information content (AvgIpc) is 2.70.